The fourth-order valence-corrected chi connectivity index (χ4v) is 6.17. The molecule has 2 aromatic heterocycles. The van der Waals surface area contributed by atoms with Crippen molar-refractivity contribution in [3.63, 3.8) is 0 Å². The first-order chi connectivity index (χ1) is 16.6. The number of fused-ring (bicyclic) bond motifs is 1. The van der Waals surface area contributed by atoms with Gasteiger partial charge in [0.25, 0.3) is 5.56 Å². The molecule has 2 fully saturated rings. The molecule has 1 saturated carbocycles. The summed E-state index contributed by atoms with van der Waals surface area (Å²) in [4.78, 5) is 20.7. The second kappa shape index (κ2) is 10.6. The zero-order chi connectivity index (χ0) is 23.5. The van der Waals surface area contributed by atoms with Crippen LogP contribution in [0.1, 0.15) is 71.1 Å². The minimum Gasteiger partial charge on any atom is -0.357 e. The first-order valence-corrected chi connectivity index (χ1v) is 13.7. The minimum atomic E-state index is 0.00393. The monoisotopic (exact) mass is 480 g/mol. The van der Waals surface area contributed by atoms with Crippen molar-refractivity contribution < 1.29 is 0 Å². The summed E-state index contributed by atoms with van der Waals surface area (Å²) >= 11 is 6.09. The van der Waals surface area contributed by atoms with Gasteiger partial charge in [0, 0.05) is 42.5 Å². The number of unbranched alkanes of at least 4 members (excludes halogenated alkanes) is 2. The van der Waals surface area contributed by atoms with E-state index in [1.807, 2.05) is 36.5 Å². The molecule has 5 nitrogen and oxygen atoms in total. The standard InChI is InChI=1S/C28H37ClN4O/c1-2-3-7-17-32-26(31-16-8-11-23(19-31)21-9-5-4-6-10-21)18-27(34)33-20-25(30-28(32)33)22-12-14-24(29)15-13-22/h12-15,18,20-21,23H,2-11,16-17,19H2,1H3. The van der Waals surface area contributed by atoms with Gasteiger partial charge in [-0.1, -0.05) is 75.6 Å². The molecule has 0 N–H and O–H groups in total. The molecule has 3 aromatic rings. The second-order valence-corrected chi connectivity index (χ2v) is 10.7. The van der Waals surface area contributed by atoms with Gasteiger partial charge in [-0.2, -0.15) is 0 Å². The van der Waals surface area contributed by atoms with Crippen LogP contribution in [0.15, 0.2) is 41.3 Å². The molecule has 1 aliphatic carbocycles. The molecule has 0 amide bonds. The Bertz CT molecular complexity index is 1160. The number of aryl methyl sites for hydroxylation is 1. The normalized spacial score (nSPS) is 19.7. The van der Waals surface area contributed by atoms with Crippen LogP contribution in [-0.4, -0.2) is 27.0 Å². The van der Waals surface area contributed by atoms with Crippen molar-refractivity contribution in [3.8, 4) is 11.3 Å². The third kappa shape index (κ3) is 4.91. The number of hydrogen-bond donors (Lipinski definition) is 0. The van der Waals surface area contributed by atoms with Crippen molar-refractivity contribution in [1.29, 1.82) is 0 Å². The lowest BCUT2D eigenvalue weighted by atomic mass is 9.76. The fourth-order valence-electron chi connectivity index (χ4n) is 6.05. The zero-order valence-electron chi connectivity index (χ0n) is 20.4. The number of anilines is 1. The molecule has 34 heavy (non-hydrogen) atoms. The molecule has 3 heterocycles. The third-order valence-electron chi connectivity index (χ3n) is 7.92. The number of aromatic nitrogens is 3. The van der Waals surface area contributed by atoms with Crippen LogP contribution in [-0.2, 0) is 6.54 Å². The number of benzene rings is 1. The van der Waals surface area contributed by atoms with Gasteiger partial charge in [0.2, 0.25) is 5.78 Å². The lowest BCUT2D eigenvalue weighted by molar-refractivity contribution is 0.220. The number of hydrogen-bond acceptors (Lipinski definition) is 3. The lowest BCUT2D eigenvalue weighted by Crippen LogP contribution is -2.41. The summed E-state index contributed by atoms with van der Waals surface area (Å²) in [5.74, 6) is 3.41. The van der Waals surface area contributed by atoms with Gasteiger partial charge in [0.1, 0.15) is 5.82 Å². The number of piperidine rings is 1. The Labute approximate surface area is 207 Å². The largest absolute Gasteiger partial charge is 0.357 e. The van der Waals surface area contributed by atoms with E-state index in [0.717, 1.165) is 60.7 Å². The maximum Gasteiger partial charge on any atom is 0.261 e. The molecule has 1 unspecified atom stereocenters. The first-order valence-electron chi connectivity index (χ1n) is 13.3. The Hall–Kier alpha value is -2.27. The molecule has 5 rings (SSSR count). The average molecular weight is 481 g/mol. The molecule has 1 atom stereocenters. The Balaban J connectivity index is 1.52. The molecule has 1 aliphatic heterocycles. The van der Waals surface area contributed by atoms with Gasteiger partial charge in [-0.3, -0.25) is 13.8 Å². The molecule has 0 bridgehead atoms. The minimum absolute atomic E-state index is 0.00393. The maximum atomic E-state index is 13.3. The predicted octanol–water partition coefficient (Wildman–Crippen LogP) is 6.80. The van der Waals surface area contributed by atoms with E-state index in [2.05, 4.69) is 16.4 Å². The van der Waals surface area contributed by atoms with Crippen LogP contribution in [0, 0.1) is 11.8 Å². The summed E-state index contributed by atoms with van der Waals surface area (Å²) in [6.07, 6.45) is 14.8. The molecular weight excluding hydrogens is 444 g/mol. The highest BCUT2D eigenvalue weighted by Gasteiger charge is 2.30. The number of imidazole rings is 1. The highest BCUT2D eigenvalue weighted by Crippen LogP contribution is 2.36. The number of nitrogens with zero attached hydrogens (tertiary/aromatic N) is 4. The van der Waals surface area contributed by atoms with Crippen molar-refractivity contribution in [3.05, 3.63) is 51.9 Å². The van der Waals surface area contributed by atoms with Crippen LogP contribution in [0.25, 0.3) is 17.0 Å². The predicted molar refractivity (Wildman–Crippen MR) is 141 cm³/mol. The van der Waals surface area contributed by atoms with Crippen molar-refractivity contribution in [2.45, 2.75) is 77.7 Å². The Morgan fingerprint density at radius 3 is 2.53 bits per heavy atom. The summed E-state index contributed by atoms with van der Waals surface area (Å²) < 4.78 is 4.03. The lowest BCUT2D eigenvalue weighted by Gasteiger charge is -2.40. The van der Waals surface area contributed by atoms with Gasteiger partial charge in [-0.15, -0.1) is 0 Å². The van der Waals surface area contributed by atoms with Gasteiger partial charge in [0.15, 0.2) is 0 Å². The van der Waals surface area contributed by atoms with E-state index in [1.54, 1.807) is 4.40 Å². The van der Waals surface area contributed by atoms with E-state index in [0.29, 0.717) is 5.02 Å². The molecular formula is C28H37ClN4O. The van der Waals surface area contributed by atoms with Gasteiger partial charge >= 0.3 is 0 Å². The third-order valence-corrected chi connectivity index (χ3v) is 8.17. The SMILES string of the molecule is CCCCCn1c(N2CCCC(C3CCCCC3)C2)cc(=O)n2cc(-c3ccc(Cl)cc3)nc12. The summed E-state index contributed by atoms with van der Waals surface area (Å²) in [7, 11) is 0. The van der Waals surface area contributed by atoms with Crippen LogP contribution in [0.5, 0.6) is 0 Å². The molecule has 6 heteroatoms. The van der Waals surface area contributed by atoms with Crippen LogP contribution >= 0.6 is 11.6 Å². The molecule has 0 spiro atoms. The molecule has 2 aliphatic rings. The van der Waals surface area contributed by atoms with E-state index in [1.165, 1.54) is 57.8 Å². The van der Waals surface area contributed by atoms with E-state index in [4.69, 9.17) is 16.6 Å². The van der Waals surface area contributed by atoms with Crippen LogP contribution in [0.3, 0.4) is 0 Å². The quantitative estimate of drug-likeness (QED) is 0.349. The Kier molecular flexibility index (Phi) is 7.29. The smallest absolute Gasteiger partial charge is 0.261 e. The van der Waals surface area contributed by atoms with Crippen LogP contribution in [0.4, 0.5) is 5.82 Å². The fraction of sp³-hybridized carbons (Fsp3) is 0.571. The van der Waals surface area contributed by atoms with Gasteiger partial charge in [-0.25, -0.2) is 4.98 Å². The van der Waals surface area contributed by atoms with Crippen molar-refractivity contribution in [2.75, 3.05) is 18.0 Å². The molecule has 182 valence electrons. The first kappa shape index (κ1) is 23.5. The zero-order valence-corrected chi connectivity index (χ0v) is 21.1. The molecule has 1 saturated heterocycles. The van der Waals surface area contributed by atoms with E-state index in [-0.39, 0.29) is 5.56 Å². The van der Waals surface area contributed by atoms with E-state index in [9.17, 15) is 4.79 Å². The van der Waals surface area contributed by atoms with Crippen molar-refractivity contribution >= 4 is 23.2 Å². The van der Waals surface area contributed by atoms with Crippen LogP contribution in [0.2, 0.25) is 5.02 Å². The highest BCUT2D eigenvalue weighted by molar-refractivity contribution is 6.30. The second-order valence-electron chi connectivity index (χ2n) is 10.2. The van der Waals surface area contributed by atoms with Crippen molar-refractivity contribution in [2.24, 2.45) is 11.8 Å². The van der Waals surface area contributed by atoms with Gasteiger partial charge in [0.05, 0.1) is 5.69 Å². The van der Waals surface area contributed by atoms with E-state index < -0.39 is 0 Å². The van der Waals surface area contributed by atoms with Crippen molar-refractivity contribution in [1.82, 2.24) is 14.0 Å². The number of rotatable bonds is 7. The molecule has 0 radical (unpaired) electrons. The Morgan fingerprint density at radius 2 is 1.76 bits per heavy atom. The Morgan fingerprint density at radius 1 is 1.00 bits per heavy atom. The summed E-state index contributed by atoms with van der Waals surface area (Å²) in [6.45, 7) is 5.21. The average Bonchev–Trinajstić information content (AvgIpc) is 3.33. The summed E-state index contributed by atoms with van der Waals surface area (Å²) in [5, 5.41) is 0.701. The van der Waals surface area contributed by atoms with E-state index >= 15 is 0 Å². The topological polar surface area (TPSA) is 42.5 Å². The van der Waals surface area contributed by atoms with Gasteiger partial charge < -0.3 is 4.90 Å². The maximum absolute atomic E-state index is 13.3. The summed E-state index contributed by atoms with van der Waals surface area (Å²) in [6, 6.07) is 9.54. The molecule has 1 aromatic carbocycles. The van der Waals surface area contributed by atoms with Gasteiger partial charge in [-0.05, 0) is 43.2 Å². The highest BCUT2D eigenvalue weighted by atomic mass is 35.5. The number of halogens is 1. The van der Waals surface area contributed by atoms with Crippen LogP contribution < -0.4 is 10.5 Å². The summed E-state index contributed by atoms with van der Waals surface area (Å²) in [5.41, 5.74) is 1.79.